The van der Waals surface area contributed by atoms with Gasteiger partial charge in [-0.1, -0.05) is 19.0 Å². The monoisotopic (exact) mass is 262 g/mol. The fourth-order valence-corrected chi connectivity index (χ4v) is 1.68. The summed E-state index contributed by atoms with van der Waals surface area (Å²) in [6.45, 7) is 4.84. The predicted octanol–water partition coefficient (Wildman–Crippen LogP) is 2.28. The number of rotatable bonds is 6. The molecule has 0 aliphatic heterocycles. The van der Waals surface area contributed by atoms with Crippen molar-refractivity contribution in [2.75, 3.05) is 12.4 Å². The summed E-state index contributed by atoms with van der Waals surface area (Å²) in [6.07, 6.45) is 2.37. The molecule has 2 aromatic rings. The maximum absolute atomic E-state index is 5.26. The SMILES string of the molecule is COc1cc(NCc2cc(CC(C)C)no2)ncn1. The van der Waals surface area contributed by atoms with Crippen molar-refractivity contribution >= 4 is 5.82 Å². The van der Waals surface area contributed by atoms with Crippen LogP contribution in [0.1, 0.15) is 25.3 Å². The zero-order valence-electron chi connectivity index (χ0n) is 11.4. The highest BCUT2D eigenvalue weighted by molar-refractivity contribution is 5.37. The Labute approximate surface area is 112 Å². The first-order valence-electron chi connectivity index (χ1n) is 6.21. The van der Waals surface area contributed by atoms with E-state index in [-0.39, 0.29) is 0 Å². The Bertz CT molecular complexity index is 525. The van der Waals surface area contributed by atoms with E-state index in [0.717, 1.165) is 17.9 Å². The van der Waals surface area contributed by atoms with Crippen molar-refractivity contribution in [1.82, 2.24) is 15.1 Å². The molecule has 0 aliphatic rings. The Morgan fingerprint density at radius 3 is 2.89 bits per heavy atom. The number of nitrogens with zero attached hydrogens (tertiary/aromatic N) is 3. The number of aromatic nitrogens is 3. The minimum absolute atomic E-state index is 0.524. The average Bonchev–Trinajstić information content (AvgIpc) is 2.83. The van der Waals surface area contributed by atoms with E-state index in [9.17, 15) is 0 Å². The molecule has 0 radical (unpaired) electrons. The molecule has 0 amide bonds. The van der Waals surface area contributed by atoms with Crippen LogP contribution in [0.15, 0.2) is 23.0 Å². The summed E-state index contributed by atoms with van der Waals surface area (Å²) in [5.74, 6) is 2.56. The Kier molecular flexibility index (Phi) is 4.33. The largest absolute Gasteiger partial charge is 0.481 e. The van der Waals surface area contributed by atoms with Gasteiger partial charge in [0.05, 0.1) is 19.3 Å². The van der Waals surface area contributed by atoms with Crippen LogP contribution < -0.4 is 10.1 Å². The molecule has 0 aromatic carbocycles. The standard InChI is InChI=1S/C13H18N4O2/c1-9(2)4-10-5-11(19-17-10)7-14-12-6-13(18-3)16-8-15-12/h5-6,8-9H,4,7H2,1-3H3,(H,14,15,16). The topological polar surface area (TPSA) is 73.1 Å². The fraction of sp³-hybridized carbons (Fsp3) is 0.462. The van der Waals surface area contributed by atoms with Crippen LogP contribution in [-0.2, 0) is 13.0 Å². The second-order valence-electron chi connectivity index (χ2n) is 4.68. The number of ether oxygens (including phenoxy) is 1. The Morgan fingerprint density at radius 1 is 1.32 bits per heavy atom. The number of hydrogen-bond acceptors (Lipinski definition) is 6. The first-order chi connectivity index (χ1) is 9.17. The number of nitrogens with one attached hydrogen (secondary N) is 1. The highest BCUT2D eigenvalue weighted by Crippen LogP contribution is 2.13. The van der Waals surface area contributed by atoms with Crippen molar-refractivity contribution in [3.63, 3.8) is 0 Å². The molecule has 0 bridgehead atoms. The van der Waals surface area contributed by atoms with Crippen LogP contribution in [0, 0.1) is 5.92 Å². The molecule has 0 atom stereocenters. The molecule has 1 N–H and O–H groups in total. The smallest absolute Gasteiger partial charge is 0.218 e. The van der Waals surface area contributed by atoms with Crippen molar-refractivity contribution in [2.24, 2.45) is 5.92 Å². The lowest BCUT2D eigenvalue weighted by molar-refractivity contribution is 0.378. The lowest BCUT2D eigenvalue weighted by atomic mass is 10.1. The van der Waals surface area contributed by atoms with Crippen LogP contribution in [0.25, 0.3) is 0 Å². The van der Waals surface area contributed by atoms with Gasteiger partial charge in [-0.15, -0.1) is 0 Å². The summed E-state index contributed by atoms with van der Waals surface area (Å²) in [5.41, 5.74) is 0.979. The van der Waals surface area contributed by atoms with Crippen LogP contribution in [0.4, 0.5) is 5.82 Å². The molecular weight excluding hydrogens is 244 g/mol. The molecule has 0 saturated heterocycles. The molecule has 2 rings (SSSR count). The summed E-state index contributed by atoms with van der Waals surface area (Å²) < 4.78 is 10.3. The van der Waals surface area contributed by atoms with E-state index in [1.165, 1.54) is 6.33 Å². The molecule has 2 heterocycles. The number of methoxy groups -OCH3 is 1. The normalized spacial score (nSPS) is 10.7. The van der Waals surface area contributed by atoms with Crippen molar-refractivity contribution in [2.45, 2.75) is 26.8 Å². The van der Waals surface area contributed by atoms with E-state index >= 15 is 0 Å². The molecule has 0 spiro atoms. The molecular formula is C13H18N4O2. The summed E-state index contributed by atoms with van der Waals surface area (Å²) in [5, 5.41) is 7.17. The minimum atomic E-state index is 0.524. The van der Waals surface area contributed by atoms with Crippen molar-refractivity contribution in [3.05, 3.63) is 29.9 Å². The van der Waals surface area contributed by atoms with Gasteiger partial charge < -0.3 is 14.6 Å². The quantitative estimate of drug-likeness (QED) is 0.861. The Morgan fingerprint density at radius 2 is 2.16 bits per heavy atom. The van der Waals surface area contributed by atoms with Gasteiger partial charge in [-0.25, -0.2) is 9.97 Å². The summed E-state index contributed by atoms with van der Waals surface area (Å²) >= 11 is 0. The lowest BCUT2D eigenvalue weighted by Crippen LogP contribution is -2.01. The highest BCUT2D eigenvalue weighted by Gasteiger charge is 2.06. The van der Waals surface area contributed by atoms with E-state index in [4.69, 9.17) is 9.26 Å². The number of hydrogen-bond donors (Lipinski definition) is 1. The van der Waals surface area contributed by atoms with Gasteiger partial charge in [0.2, 0.25) is 5.88 Å². The third-order valence-electron chi connectivity index (χ3n) is 2.52. The van der Waals surface area contributed by atoms with E-state index in [1.54, 1.807) is 13.2 Å². The molecule has 2 aromatic heterocycles. The van der Waals surface area contributed by atoms with Gasteiger partial charge in [-0.2, -0.15) is 0 Å². The van der Waals surface area contributed by atoms with Gasteiger partial charge in [-0.05, 0) is 12.3 Å². The molecule has 0 aliphatic carbocycles. The molecule has 0 unspecified atom stereocenters. The first-order valence-corrected chi connectivity index (χ1v) is 6.21. The maximum atomic E-state index is 5.26. The third-order valence-corrected chi connectivity index (χ3v) is 2.52. The van der Waals surface area contributed by atoms with Gasteiger partial charge in [0.15, 0.2) is 5.76 Å². The molecule has 0 saturated carbocycles. The van der Waals surface area contributed by atoms with Crippen LogP contribution in [0.5, 0.6) is 5.88 Å². The van der Waals surface area contributed by atoms with Gasteiger partial charge in [0, 0.05) is 12.1 Å². The van der Waals surface area contributed by atoms with Crippen molar-refractivity contribution in [3.8, 4) is 5.88 Å². The molecule has 19 heavy (non-hydrogen) atoms. The number of anilines is 1. The van der Waals surface area contributed by atoms with E-state index in [2.05, 4.69) is 34.3 Å². The summed E-state index contributed by atoms with van der Waals surface area (Å²) in [7, 11) is 1.57. The molecule has 102 valence electrons. The van der Waals surface area contributed by atoms with Gasteiger partial charge in [0.25, 0.3) is 0 Å². The van der Waals surface area contributed by atoms with E-state index < -0.39 is 0 Å². The van der Waals surface area contributed by atoms with Crippen molar-refractivity contribution in [1.29, 1.82) is 0 Å². The van der Waals surface area contributed by atoms with Crippen molar-refractivity contribution < 1.29 is 9.26 Å². The summed E-state index contributed by atoms with van der Waals surface area (Å²) in [6, 6.07) is 3.69. The van der Waals surface area contributed by atoms with Crippen LogP contribution in [0.2, 0.25) is 0 Å². The minimum Gasteiger partial charge on any atom is -0.481 e. The lowest BCUT2D eigenvalue weighted by Gasteiger charge is -2.03. The Balaban J connectivity index is 1.92. The van der Waals surface area contributed by atoms with E-state index in [0.29, 0.717) is 24.2 Å². The molecule has 0 fully saturated rings. The van der Waals surface area contributed by atoms with Gasteiger partial charge in [0.1, 0.15) is 12.1 Å². The van der Waals surface area contributed by atoms with Gasteiger partial charge >= 0.3 is 0 Å². The Hall–Kier alpha value is -2.11. The van der Waals surface area contributed by atoms with Crippen LogP contribution in [0.3, 0.4) is 0 Å². The molecule has 6 nitrogen and oxygen atoms in total. The van der Waals surface area contributed by atoms with Crippen LogP contribution >= 0.6 is 0 Å². The highest BCUT2D eigenvalue weighted by atomic mass is 16.5. The zero-order valence-corrected chi connectivity index (χ0v) is 11.4. The van der Waals surface area contributed by atoms with E-state index in [1.807, 2.05) is 6.07 Å². The van der Waals surface area contributed by atoms with Crippen LogP contribution in [-0.4, -0.2) is 22.2 Å². The maximum Gasteiger partial charge on any atom is 0.218 e. The second kappa shape index (κ2) is 6.17. The zero-order chi connectivity index (χ0) is 13.7. The van der Waals surface area contributed by atoms with Gasteiger partial charge in [-0.3, -0.25) is 0 Å². The first kappa shape index (κ1) is 13.3. The predicted molar refractivity (Wildman–Crippen MR) is 71.0 cm³/mol. The third kappa shape index (κ3) is 3.94. The second-order valence-corrected chi connectivity index (χ2v) is 4.68. The fourth-order valence-electron chi connectivity index (χ4n) is 1.68. The molecule has 6 heteroatoms. The average molecular weight is 262 g/mol. The summed E-state index contributed by atoms with van der Waals surface area (Å²) in [4.78, 5) is 8.03.